The monoisotopic (exact) mass is 370 g/mol. The fourth-order valence-electron chi connectivity index (χ4n) is 3.33. The van der Waals surface area contributed by atoms with Crippen molar-refractivity contribution in [2.24, 2.45) is 0 Å². The highest BCUT2D eigenvalue weighted by Crippen LogP contribution is 2.35. The van der Waals surface area contributed by atoms with Crippen LogP contribution in [-0.4, -0.2) is 32.8 Å². The number of sulfonamides is 1. The summed E-state index contributed by atoms with van der Waals surface area (Å²) >= 11 is 0. The van der Waals surface area contributed by atoms with Gasteiger partial charge in [0, 0.05) is 19.2 Å². The molecule has 1 unspecified atom stereocenters. The van der Waals surface area contributed by atoms with Gasteiger partial charge in [-0.1, -0.05) is 36.4 Å². The van der Waals surface area contributed by atoms with Crippen molar-refractivity contribution in [2.45, 2.75) is 23.8 Å². The highest BCUT2D eigenvalue weighted by Gasteiger charge is 2.29. The van der Waals surface area contributed by atoms with Crippen molar-refractivity contribution < 1.29 is 13.2 Å². The summed E-state index contributed by atoms with van der Waals surface area (Å²) in [4.78, 5) is 14.7. The molecule has 136 valence electrons. The molecule has 0 saturated carbocycles. The summed E-state index contributed by atoms with van der Waals surface area (Å²) in [6.45, 7) is 3.64. The van der Waals surface area contributed by atoms with Gasteiger partial charge in [0.25, 0.3) is 5.91 Å². The van der Waals surface area contributed by atoms with Crippen molar-refractivity contribution in [2.75, 3.05) is 13.6 Å². The smallest absolute Gasteiger partial charge is 0.254 e. The van der Waals surface area contributed by atoms with Gasteiger partial charge in [-0.05, 0) is 42.2 Å². The molecule has 6 heteroatoms. The number of nitrogens with zero attached hydrogens (tertiary/aromatic N) is 1. The lowest BCUT2D eigenvalue weighted by molar-refractivity contribution is 0.0730. The summed E-state index contributed by atoms with van der Waals surface area (Å²) in [5.74, 6) is -0.188. The molecule has 0 fully saturated rings. The van der Waals surface area contributed by atoms with Crippen molar-refractivity contribution in [3.8, 4) is 0 Å². The van der Waals surface area contributed by atoms with E-state index in [1.807, 2.05) is 12.1 Å². The maximum absolute atomic E-state index is 12.9. The zero-order chi connectivity index (χ0) is 18.7. The highest BCUT2D eigenvalue weighted by atomic mass is 32.2. The van der Waals surface area contributed by atoms with Gasteiger partial charge in [-0.2, -0.15) is 0 Å². The molecule has 5 nitrogen and oxygen atoms in total. The molecule has 1 amide bonds. The molecular weight excluding hydrogens is 348 g/mol. The second kappa shape index (κ2) is 7.43. The minimum atomic E-state index is -3.66. The van der Waals surface area contributed by atoms with E-state index in [1.54, 1.807) is 24.1 Å². The number of benzene rings is 2. The second-order valence-electron chi connectivity index (χ2n) is 6.34. The normalized spacial score (nSPS) is 16.1. The fraction of sp³-hybridized carbons (Fsp3) is 0.250. The third-order valence-corrected chi connectivity index (χ3v) is 6.12. The predicted molar refractivity (Wildman–Crippen MR) is 101 cm³/mol. The lowest BCUT2D eigenvalue weighted by Gasteiger charge is -2.25. The van der Waals surface area contributed by atoms with Crippen LogP contribution in [0, 0.1) is 0 Å². The number of hydrogen-bond donors (Lipinski definition) is 1. The summed E-state index contributed by atoms with van der Waals surface area (Å²) in [5, 5.41) is 0. The van der Waals surface area contributed by atoms with Gasteiger partial charge in [0.05, 0.1) is 10.9 Å². The Hall–Kier alpha value is -2.44. The van der Waals surface area contributed by atoms with Crippen molar-refractivity contribution in [3.05, 3.63) is 77.9 Å². The number of nitrogens with one attached hydrogen (secondary N) is 1. The van der Waals surface area contributed by atoms with Gasteiger partial charge in [0.15, 0.2) is 0 Å². The summed E-state index contributed by atoms with van der Waals surface area (Å²) in [5.41, 5.74) is 2.79. The first-order valence-corrected chi connectivity index (χ1v) is 9.98. The summed E-state index contributed by atoms with van der Waals surface area (Å²) in [6, 6.07) is 14.3. The number of aryl methyl sites for hydroxylation is 1. The summed E-state index contributed by atoms with van der Waals surface area (Å²) in [7, 11) is -1.89. The van der Waals surface area contributed by atoms with Crippen molar-refractivity contribution in [1.82, 2.24) is 9.62 Å². The molecule has 26 heavy (non-hydrogen) atoms. The van der Waals surface area contributed by atoms with Crippen molar-refractivity contribution >= 4 is 15.9 Å². The molecule has 1 N–H and O–H groups in total. The molecule has 0 aliphatic heterocycles. The Morgan fingerprint density at radius 3 is 2.81 bits per heavy atom. The van der Waals surface area contributed by atoms with Crippen LogP contribution in [0.25, 0.3) is 0 Å². The molecule has 2 aromatic carbocycles. The van der Waals surface area contributed by atoms with Crippen molar-refractivity contribution in [3.63, 3.8) is 0 Å². The van der Waals surface area contributed by atoms with Crippen LogP contribution in [0.15, 0.2) is 66.1 Å². The van der Waals surface area contributed by atoms with E-state index in [1.165, 1.54) is 29.3 Å². The predicted octanol–water partition coefficient (Wildman–Crippen LogP) is 2.91. The van der Waals surface area contributed by atoms with Gasteiger partial charge in [0.2, 0.25) is 10.0 Å². The zero-order valence-electron chi connectivity index (χ0n) is 14.7. The van der Waals surface area contributed by atoms with Gasteiger partial charge in [0.1, 0.15) is 0 Å². The van der Waals surface area contributed by atoms with Crippen LogP contribution in [0.1, 0.15) is 33.9 Å². The first-order chi connectivity index (χ1) is 12.4. The van der Waals surface area contributed by atoms with Crippen LogP contribution < -0.4 is 4.72 Å². The van der Waals surface area contributed by atoms with Crippen LogP contribution in [0.4, 0.5) is 0 Å². The molecule has 0 heterocycles. The first kappa shape index (κ1) is 18.4. The van der Waals surface area contributed by atoms with E-state index in [4.69, 9.17) is 0 Å². The summed E-state index contributed by atoms with van der Waals surface area (Å²) in [6.07, 6.45) is 3.29. The van der Waals surface area contributed by atoms with E-state index in [0.717, 1.165) is 12.8 Å². The van der Waals surface area contributed by atoms with E-state index >= 15 is 0 Å². The van der Waals surface area contributed by atoms with Gasteiger partial charge in [-0.3, -0.25) is 4.79 Å². The quantitative estimate of drug-likeness (QED) is 0.795. The Kier molecular flexibility index (Phi) is 5.25. The molecule has 0 spiro atoms. The Labute approximate surface area is 154 Å². The molecular formula is C20H22N2O3S. The first-order valence-electron chi connectivity index (χ1n) is 8.49. The van der Waals surface area contributed by atoms with Crippen LogP contribution >= 0.6 is 0 Å². The lowest BCUT2D eigenvalue weighted by atomic mass is 10.1. The van der Waals surface area contributed by atoms with Gasteiger partial charge in [-0.25, -0.2) is 13.1 Å². The van der Waals surface area contributed by atoms with Crippen LogP contribution in [0.3, 0.4) is 0 Å². The third-order valence-electron chi connectivity index (χ3n) is 4.70. The van der Waals surface area contributed by atoms with Crippen LogP contribution in [0.5, 0.6) is 0 Å². The maximum atomic E-state index is 12.9. The topological polar surface area (TPSA) is 66.5 Å². The Bertz CT molecular complexity index is 938. The maximum Gasteiger partial charge on any atom is 0.254 e. The SMILES string of the molecule is C=CCNS(=O)(=O)c1cccc(C(=O)N(C)C2CCc3ccccc32)c1. The molecule has 1 aliphatic carbocycles. The Morgan fingerprint density at radius 2 is 2.04 bits per heavy atom. The average molecular weight is 370 g/mol. The Balaban J connectivity index is 1.85. The van der Waals surface area contributed by atoms with Crippen LogP contribution in [-0.2, 0) is 16.4 Å². The molecule has 1 atom stereocenters. The van der Waals surface area contributed by atoms with E-state index < -0.39 is 10.0 Å². The molecule has 0 radical (unpaired) electrons. The van der Waals surface area contributed by atoms with E-state index in [-0.39, 0.29) is 23.4 Å². The van der Waals surface area contributed by atoms with Crippen molar-refractivity contribution in [1.29, 1.82) is 0 Å². The van der Waals surface area contributed by atoms with Gasteiger partial charge in [-0.15, -0.1) is 6.58 Å². The minimum Gasteiger partial charge on any atom is -0.335 e. The molecule has 2 aromatic rings. The van der Waals surface area contributed by atoms with Gasteiger partial charge >= 0.3 is 0 Å². The number of amides is 1. The number of carbonyl (C=O) groups excluding carboxylic acids is 1. The summed E-state index contributed by atoms with van der Waals surface area (Å²) < 4.78 is 27.0. The fourth-order valence-corrected chi connectivity index (χ4v) is 4.37. The van der Waals surface area contributed by atoms with Gasteiger partial charge < -0.3 is 4.90 Å². The number of fused-ring (bicyclic) bond motifs is 1. The van der Waals surface area contributed by atoms with E-state index in [2.05, 4.69) is 23.4 Å². The minimum absolute atomic E-state index is 0.0119. The average Bonchev–Trinajstić information content (AvgIpc) is 3.09. The number of hydrogen-bond acceptors (Lipinski definition) is 3. The molecule has 0 saturated heterocycles. The molecule has 0 aromatic heterocycles. The number of rotatable bonds is 6. The van der Waals surface area contributed by atoms with Crippen LogP contribution in [0.2, 0.25) is 0 Å². The third kappa shape index (κ3) is 3.57. The Morgan fingerprint density at radius 1 is 1.27 bits per heavy atom. The van der Waals surface area contributed by atoms with E-state index in [9.17, 15) is 13.2 Å². The molecule has 0 bridgehead atoms. The lowest BCUT2D eigenvalue weighted by Crippen LogP contribution is -2.30. The molecule has 3 rings (SSSR count). The standard InChI is InChI=1S/C20H22N2O3S/c1-3-13-21-26(24,25)17-9-6-8-16(14-17)20(23)22(2)19-12-11-15-7-4-5-10-18(15)19/h3-10,14,19,21H,1,11-13H2,2H3. The number of carbonyl (C=O) groups is 1. The second-order valence-corrected chi connectivity index (χ2v) is 8.10. The largest absolute Gasteiger partial charge is 0.335 e. The highest BCUT2D eigenvalue weighted by molar-refractivity contribution is 7.89. The zero-order valence-corrected chi connectivity index (χ0v) is 15.5. The molecule has 1 aliphatic rings. The van der Waals surface area contributed by atoms with E-state index in [0.29, 0.717) is 5.56 Å².